The molecule has 0 spiro atoms. The molecule has 0 radical (unpaired) electrons. The molecule has 0 aliphatic carbocycles. The molecule has 1 heterocycles. The van der Waals surface area contributed by atoms with Gasteiger partial charge in [0.1, 0.15) is 23.1 Å². The summed E-state index contributed by atoms with van der Waals surface area (Å²) < 4.78 is 29.4. The molecule has 1 aliphatic rings. The third-order valence-corrected chi connectivity index (χ3v) is 5.11. The smallest absolute Gasteiger partial charge is 0.246 e. The Morgan fingerprint density at radius 1 is 0.967 bits per heavy atom. The van der Waals surface area contributed by atoms with Gasteiger partial charge in [-0.15, -0.1) is 0 Å². The molecule has 0 N–H and O–H groups in total. The van der Waals surface area contributed by atoms with Gasteiger partial charge in [0, 0.05) is 50.4 Å². The molecule has 160 valence electrons. The van der Waals surface area contributed by atoms with Crippen LogP contribution in [0.4, 0.5) is 4.39 Å². The summed E-state index contributed by atoms with van der Waals surface area (Å²) in [6.45, 7) is 3.24. The van der Waals surface area contributed by atoms with Crippen LogP contribution in [-0.4, -0.2) is 63.2 Å². The highest BCUT2D eigenvalue weighted by molar-refractivity contribution is 5.92. The van der Waals surface area contributed by atoms with Crippen molar-refractivity contribution >= 4 is 12.0 Å². The van der Waals surface area contributed by atoms with Crippen molar-refractivity contribution in [3.8, 4) is 17.2 Å². The topological polar surface area (TPSA) is 51.2 Å². The SMILES string of the molecule is COc1cc(/C=C/C(=O)N2CCN(Cc3cc(F)ccc3OC)CC2)cc(OC)c1. The molecule has 2 aromatic rings. The summed E-state index contributed by atoms with van der Waals surface area (Å²) in [7, 11) is 4.76. The summed E-state index contributed by atoms with van der Waals surface area (Å²) >= 11 is 0. The van der Waals surface area contributed by atoms with E-state index in [-0.39, 0.29) is 11.7 Å². The van der Waals surface area contributed by atoms with Crippen LogP contribution in [0.15, 0.2) is 42.5 Å². The Morgan fingerprint density at radius 3 is 2.23 bits per heavy atom. The number of amides is 1. The molecule has 1 fully saturated rings. The molecule has 0 aromatic heterocycles. The number of ether oxygens (including phenoxy) is 3. The molecule has 1 aliphatic heterocycles. The number of benzene rings is 2. The summed E-state index contributed by atoms with van der Waals surface area (Å²) in [6.07, 6.45) is 3.33. The van der Waals surface area contributed by atoms with E-state index in [0.29, 0.717) is 50.0 Å². The Morgan fingerprint density at radius 2 is 1.63 bits per heavy atom. The van der Waals surface area contributed by atoms with Gasteiger partial charge in [0.2, 0.25) is 5.91 Å². The van der Waals surface area contributed by atoms with Crippen molar-refractivity contribution in [2.75, 3.05) is 47.5 Å². The molecule has 0 saturated carbocycles. The maximum absolute atomic E-state index is 13.6. The van der Waals surface area contributed by atoms with Crippen molar-refractivity contribution in [1.82, 2.24) is 9.80 Å². The van der Waals surface area contributed by atoms with Gasteiger partial charge >= 0.3 is 0 Å². The monoisotopic (exact) mass is 414 g/mol. The standard InChI is InChI=1S/C23H27FN2O4/c1-28-20-12-17(13-21(15-20)29-2)4-7-23(27)26-10-8-25(9-11-26)16-18-14-19(24)5-6-22(18)30-3/h4-7,12-15H,8-11,16H2,1-3H3/b7-4+. The number of carbonyl (C=O) groups excluding carboxylic acids is 1. The number of hydrogen-bond donors (Lipinski definition) is 0. The van der Waals surface area contributed by atoms with Crippen LogP contribution >= 0.6 is 0 Å². The van der Waals surface area contributed by atoms with Crippen LogP contribution < -0.4 is 14.2 Å². The third-order valence-electron chi connectivity index (χ3n) is 5.11. The van der Waals surface area contributed by atoms with E-state index in [1.165, 1.54) is 12.1 Å². The zero-order valence-corrected chi connectivity index (χ0v) is 17.6. The molecule has 0 bridgehead atoms. The molecule has 0 unspecified atom stereocenters. The van der Waals surface area contributed by atoms with Gasteiger partial charge in [-0.2, -0.15) is 0 Å². The average molecular weight is 414 g/mol. The molecule has 3 rings (SSSR count). The number of methoxy groups -OCH3 is 3. The maximum Gasteiger partial charge on any atom is 0.246 e. The maximum atomic E-state index is 13.6. The Bertz CT molecular complexity index is 886. The number of carbonyl (C=O) groups is 1. The normalized spacial score (nSPS) is 14.7. The lowest BCUT2D eigenvalue weighted by molar-refractivity contribution is -0.127. The highest BCUT2D eigenvalue weighted by Crippen LogP contribution is 2.24. The first kappa shape index (κ1) is 21.6. The van der Waals surface area contributed by atoms with E-state index < -0.39 is 0 Å². The van der Waals surface area contributed by atoms with E-state index >= 15 is 0 Å². The Labute approximate surface area is 176 Å². The second kappa shape index (κ2) is 10.1. The largest absolute Gasteiger partial charge is 0.497 e. The van der Waals surface area contributed by atoms with E-state index in [4.69, 9.17) is 14.2 Å². The first-order chi connectivity index (χ1) is 14.5. The van der Waals surface area contributed by atoms with Crippen molar-refractivity contribution in [1.29, 1.82) is 0 Å². The number of hydrogen-bond acceptors (Lipinski definition) is 5. The molecule has 30 heavy (non-hydrogen) atoms. The first-order valence-electron chi connectivity index (χ1n) is 9.77. The van der Waals surface area contributed by atoms with Crippen LogP contribution in [0.3, 0.4) is 0 Å². The fraction of sp³-hybridized carbons (Fsp3) is 0.348. The van der Waals surface area contributed by atoms with E-state index in [1.54, 1.807) is 45.6 Å². The quantitative estimate of drug-likeness (QED) is 0.652. The minimum Gasteiger partial charge on any atom is -0.497 e. The predicted molar refractivity (Wildman–Crippen MR) is 113 cm³/mol. The van der Waals surface area contributed by atoms with E-state index in [0.717, 1.165) is 11.1 Å². The molecular formula is C23H27FN2O4. The van der Waals surface area contributed by atoms with Crippen LogP contribution in [0.2, 0.25) is 0 Å². The minimum absolute atomic E-state index is 0.0419. The summed E-state index contributed by atoms with van der Waals surface area (Å²) in [5, 5.41) is 0. The van der Waals surface area contributed by atoms with Crippen molar-refractivity contribution in [2.24, 2.45) is 0 Å². The number of halogens is 1. The summed E-state index contributed by atoms with van der Waals surface area (Å²) in [5.74, 6) is 1.69. The van der Waals surface area contributed by atoms with Gasteiger partial charge < -0.3 is 19.1 Å². The summed E-state index contributed by atoms with van der Waals surface area (Å²) in [6, 6.07) is 10.0. The van der Waals surface area contributed by atoms with E-state index in [1.807, 2.05) is 17.0 Å². The Kier molecular flexibility index (Phi) is 7.30. The van der Waals surface area contributed by atoms with Gasteiger partial charge in [-0.25, -0.2) is 4.39 Å². The van der Waals surface area contributed by atoms with Crippen molar-refractivity contribution in [2.45, 2.75) is 6.54 Å². The van der Waals surface area contributed by atoms with Crippen molar-refractivity contribution < 1.29 is 23.4 Å². The lowest BCUT2D eigenvalue weighted by Gasteiger charge is -2.34. The molecule has 1 saturated heterocycles. The zero-order chi connectivity index (χ0) is 21.5. The van der Waals surface area contributed by atoms with Crippen molar-refractivity contribution in [3.05, 3.63) is 59.4 Å². The molecule has 1 amide bonds. The lowest BCUT2D eigenvalue weighted by atomic mass is 10.1. The van der Waals surface area contributed by atoms with Crippen molar-refractivity contribution in [3.63, 3.8) is 0 Å². The zero-order valence-electron chi connectivity index (χ0n) is 17.6. The summed E-state index contributed by atoms with van der Waals surface area (Å²) in [4.78, 5) is 16.6. The minimum atomic E-state index is -0.279. The van der Waals surface area contributed by atoms with Gasteiger partial charge in [-0.3, -0.25) is 9.69 Å². The van der Waals surface area contributed by atoms with Crippen LogP contribution in [-0.2, 0) is 11.3 Å². The average Bonchev–Trinajstić information content (AvgIpc) is 2.77. The second-order valence-corrected chi connectivity index (χ2v) is 7.04. The highest BCUT2D eigenvalue weighted by atomic mass is 19.1. The summed E-state index contributed by atoms with van der Waals surface area (Å²) in [5.41, 5.74) is 1.64. The Hall–Kier alpha value is -3.06. The third kappa shape index (κ3) is 5.51. The molecule has 2 aromatic carbocycles. The van der Waals surface area contributed by atoms with Crippen LogP contribution in [0, 0.1) is 5.82 Å². The lowest BCUT2D eigenvalue weighted by Crippen LogP contribution is -2.47. The fourth-order valence-corrected chi connectivity index (χ4v) is 3.44. The van der Waals surface area contributed by atoms with Crippen LogP contribution in [0.1, 0.15) is 11.1 Å². The van der Waals surface area contributed by atoms with Gasteiger partial charge in [-0.05, 0) is 42.0 Å². The number of piperazine rings is 1. The van der Waals surface area contributed by atoms with Crippen LogP contribution in [0.5, 0.6) is 17.2 Å². The van der Waals surface area contributed by atoms with Gasteiger partial charge in [0.15, 0.2) is 0 Å². The predicted octanol–water partition coefficient (Wildman–Crippen LogP) is 3.21. The van der Waals surface area contributed by atoms with E-state index in [9.17, 15) is 9.18 Å². The Balaban J connectivity index is 1.57. The fourth-order valence-electron chi connectivity index (χ4n) is 3.44. The molecule has 7 heteroatoms. The number of nitrogens with zero attached hydrogens (tertiary/aromatic N) is 2. The molecule has 0 atom stereocenters. The van der Waals surface area contributed by atoms with Gasteiger partial charge in [0.05, 0.1) is 21.3 Å². The first-order valence-corrected chi connectivity index (χ1v) is 9.77. The highest BCUT2D eigenvalue weighted by Gasteiger charge is 2.20. The van der Waals surface area contributed by atoms with Gasteiger partial charge in [-0.1, -0.05) is 0 Å². The number of rotatable bonds is 7. The molecule has 6 nitrogen and oxygen atoms in total. The van der Waals surface area contributed by atoms with Gasteiger partial charge in [0.25, 0.3) is 0 Å². The van der Waals surface area contributed by atoms with E-state index in [2.05, 4.69) is 4.90 Å². The molecular weight excluding hydrogens is 387 g/mol. The van der Waals surface area contributed by atoms with Crippen LogP contribution in [0.25, 0.3) is 6.08 Å². The second-order valence-electron chi connectivity index (χ2n) is 7.04.